The molecule has 0 aromatic heterocycles. The fourth-order valence-electron chi connectivity index (χ4n) is 2.53. The molecule has 2 saturated heterocycles. The number of nitrogens with zero attached hydrogens (tertiary/aromatic N) is 3. The molecular weight excluding hydrogens is 362 g/mol. The van der Waals surface area contributed by atoms with E-state index in [4.69, 9.17) is 4.74 Å². The van der Waals surface area contributed by atoms with Crippen LogP contribution in [0.3, 0.4) is 0 Å². The van der Waals surface area contributed by atoms with Crippen molar-refractivity contribution in [2.24, 2.45) is 0 Å². The summed E-state index contributed by atoms with van der Waals surface area (Å²) in [5.74, 6) is -0.841. The van der Waals surface area contributed by atoms with Crippen LogP contribution in [0.25, 0.3) is 6.08 Å². The van der Waals surface area contributed by atoms with Gasteiger partial charge in [0.1, 0.15) is 6.54 Å². The summed E-state index contributed by atoms with van der Waals surface area (Å²) in [6.07, 6.45) is 1.48. The molecule has 0 bridgehead atoms. The minimum atomic E-state index is -0.542. The number of hydrogen-bond acceptors (Lipinski definition) is 7. The molecule has 136 valence electrons. The summed E-state index contributed by atoms with van der Waals surface area (Å²) in [5, 5.41) is 10.2. The van der Waals surface area contributed by atoms with Crippen LogP contribution in [-0.2, 0) is 14.3 Å². The molecule has 1 aromatic carbocycles. The average molecular weight is 377 g/mol. The van der Waals surface area contributed by atoms with Gasteiger partial charge in [-0.05, 0) is 35.5 Å². The van der Waals surface area contributed by atoms with Crippen LogP contribution in [0, 0.1) is 10.1 Å². The smallest absolute Gasteiger partial charge is 0.294 e. The number of amides is 3. The lowest BCUT2D eigenvalue weighted by molar-refractivity contribution is -0.384. The van der Waals surface area contributed by atoms with E-state index < -0.39 is 16.1 Å². The predicted molar refractivity (Wildman–Crippen MR) is 93.2 cm³/mol. The average Bonchev–Trinajstić information content (AvgIpc) is 2.90. The Labute approximate surface area is 152 Å². The molecule has 1 aromatic rings. The molecule has 0 aliphatic carbocycles. The van der Waals surface area contributed by atoms with E-state index in [1.54, 1.807) is 4.90 Å². The fraction of sp³-hybridized carbons (Fsp3) is 0.312. The van der Waals surface area contributed by atoms with Crippen molar-refractivity contribution in [1.29, 1.82) is 0 Å². The predicted octanol–water partition coefficient (Wildman–Crippen LogP) is 1.49. The van der Waals surface area contributed by atoms with Crippen LogP contribution in [-0.4, -0.2) is 64.6 Å². The molecule has 0 unspecified atom stereocenters. The first-order valence-electron chi connectivity index (χ1n) is 7.81. The fourth-order valence-corrected chi connectivity index (χ4v) is 3.37. The van der Waals surface area contributed by atoms with Crippen molar-refractivity contribution in [3.8, 4) is 0 Å². The second kappa shape index (κ2) is 7.67. The van der Waals surface area contributed by atoms with Crippen molar-refractivity contribution in [3.05, 3.63) is 44.8 Å². The number of rotatable bonds is 4. The molecule has 2 heterocycles. The number of hydrogen-bond donors (Lipinski definition) is 0. The number of carbonyl (C=O) groups excluding carboxylic acids is 3. The SMILES string of the molecule is O=C(CN1C(=O)S/C(=C/c2ccc([N+](=O)[O-])cc2)C1=O)N1CCOCC1. The number of imide groups is 1. The van der Waals surface area contributed by atoms with E-state index >= 15 is 0 Å². The van der Waals surface area contributed by atoms with E-state index in [-0.39, 0.29) is 23.0 Å². The molecule has 2 aliphatic rings. The number of benzene rings is 1. The Bertz CT molecular complexity index is 786. The molecule has 0 radical (unpaired) electrons. The molecule has 0 saturated carbocycles. The zero-order valence-electron chi connectivity index (χ0n) is 13.6. The first-order valence-corrected chi connectivity index (χ1v) is 8.62. The van der Waals surface area contributed by atoms with Gasteiger partial charge in [0.2, 0.25) is 5.91 Å². The van der Waals surface area contributed by atoms with Gasteiger partial charge in [0.25, 0.3) is 16.8 Å². The third kappa shape index (κ3) is 3.92. The summed E-state index contributed by atoms with van der Waals surface area (Å²) in [4.78, 5) is 49.6. The lowest BCUT2D eigenvalue weighted by Gasteiger charge is -2.28. The van der Waals surface area contributed by atoms with Crippen molar-refractivity contribution in [2.75, 3.05) is 32.8 Å². The summed E-state index contributed by atoms with van der Waals surface area (Å²) in [6.45, 7) is 1.45. The summed E-state index contributed by atoms with van der Waals surface area (Å²) in [6, 6.07) is 5.62. The summed E-state index contributed by atoms with van der Waals surface area (Å²) >= 11 is 0.745. The Balaban J connectivity index is 1.69. The molecule has 2 aliphatic heterocycles. The highest BCUT2D eigenvalue weighted by atomic mass is 32.2. The van der Waals surface area contributed by atoms with Crippen LogP contribution < -0.4 is 0 Å². The van der Waals surface area contributed by atoms with Gasteiger partial charge in [-0.2, -0.15) is 0 Å². The molecule has 0 atom stereocenters. The highest BCUT2D eigenvalue weighted by molar-refractivity contribution is 8.18. The molecule has 10 heteroatoms. The van der Waals surface area contributed by atoms with Crippen molar-refractivity contribution in [3.63, 3.8) is 0 Å². The third-order valence-corrected chi connectivity index (χ3v) is 4.84. The van der Waals surface area contributed by atoms with E-state index in [1.807, 2.05) is 0 Å². The zero-order chi connectivity index (χ0) is 18.7. The molecular formula is C16H15N3O6S. The Kier molecular flexibility index (Phi) is 5.33. The number of nitro groups is 1. The number of nitro benzene ring substituents is 1. The number of thioether (sulfide) groups is 1. The standard InChI is InChI=1S/C16H15N3O6S/c20-14(17-5-7-25-8-6-17)10-18-15(21)13(26-16(18)22)9-11-1-3-12(4-2-11)19(23)24/h1-4,9H,5-8,10H2/b13-9+. The van der Waals surface area contributed by atoms with Gasteiger partial charge in [-0.3, -0.25) is 29.4 Å². The maximum absolute atomic E-state index is 12.4. The summed E-state index contributed by atoms with van der Waals surface area (Å²) in [5.41, 5.74) is 0.493. The van der Waals surface area contributed by atoms with Gasteiger partial charge in [-0.15, -0.1) is 0 Å². The van der Waals surface area contributed by atoms with E-state index in [0.29, 0.717) is 31.9 Å². The Morgan fingerprint density at radius 3 is 2.50 bits per heavy atom. The van der Waals surface area contributed by atoms with Gasteiger partial charge in [-0.1, -0.05) is 0 Å². The van der Waals surface area contributed by atoms with Crippen LogP contribution in [0.15, 0.2) is 29.2 Å². The van der Waals surface area contributed by atoms with Crippen LogP contribution in [0.5, 0.6) is 0 Å². The van der Waals surface area contributed by atoms with Crippen molar-refractivity contribution < 1.29 is 24.0 Å². The first-order chi connectivity index (χ1) is 12.5. The second-order valence-electron chi connectivity index (χ2n) is 5.61. The van der Waals surface area contributed by atoms with Crippen molar-refractivity contribution in [1.82, 2.24) is 9.80 Å². The number of non-ortho nitro benzene ring substituents is 1. The van der Waals surface area contributed by atoms with E-state index in [2.05, 4.69) is 0 Å². The van der Waals surface area contributed by atoms with Gasteiger partial charge in [0, 0.05) is 25.2 Å². The second-order valence-corrected chi connectivity index (χ2v) is 6.60. The van der Waals surface area contributed by atoms with Crippen LogP contribution >= 0.6 is 11.8 Å². The van der Waals surface area contributed by atoms with Crippen LogP contribution in [0.1, 0.15) is 5.56 Å². The highest BCUT2D eigenvalue weighted by Crippen LogP contribution is 2.32. The van der Waals surface area contributed by atoms with Gasteiger partial charge in [0.15, 0.2) is 0 Å². The van der Waals surface area contributed by atoms with Gasteiger partial charge >= 0.3 is 0 Å². The third-order valence-electron chi connectivity index (χ3n) is 3.93. The van der Waals surface area contributed by atoms with E-state index in [0.717, 1.165) is 16.7 Å². The van der Waals surface area contributed by atoms with Gasteiger partial charge in [0.05, 0.1) is 23.0 Å². The Hall–Kier alpha value is -2.72. The summed E-state index contributed by atoms with van der Waals surface area (Å²) in [7, 11) is 0. The van der Waals surface area contributed by atoms with Crippen molar-refractivity contribution >= 4 is 40.6 Å². The molecule has 9 nitrogen and oxygen atoms in total. The van der Waals surface area contributed by atoms with E-state index in [1.165, 1.54) is 30.3 Å². The minimum Gasteiger partial charge on any atom is -0.378 e. The molecule has 3 rings (SSSR count). The maximum Gasteiger partial charge on any atom is 0.294 e. The number of carbonyl (C=O) groups is 3. The maximum atomic E-state index is 12.4. The highest BCUT2D eigenvalue weighted by Gasteiger charge is 2.37. The van der Waals surface area contributed by atoms with Crippen LogP contribution in [0.4, 0.5) is 10.5 Å². The minimum absolute atomic E-state index is 0.0636. The monoisotopic (exact) mass is 377 g/mol. The molecule has 2 fully saturated rings. The van der Waals surface area contributed by atoms with Gasteiger partial charge < -0.3 is 9.64 Å². The van der Waals surface area contributed by atoms with Crippen molar-refractivity contribution in [2.45, 2.75) is 0 Å². The normalized spacial score (nSPS) is 19.3. The zero-order valence-corrected chi connectivity index (χ0v) is 14.4. The molecule has 0 N–H and O–H groups in total. The quantitative estimate of drug-likeness (QED) is 0.444. The van der Waals surface area contributed by atoms with E-state index in [9.17, 15) is 24.5 Å². The topological polar surface area (TPSA) is 110 Å². The Morgan fingerprint density at radius 1 is 1.23 bits per heavy atom. The first kappa shape index (κ1) is 18.1. The number of ether oxygens (including phenoxy) is 1. The van der Waals surface area contributed by atoms with Crippen LogP contribution in [0.2, 0.25) is 0 Å². The summed E-state index contributed by atoms with van der Waals surface area (Å²) < 4.78 is 5.17. The Morgan fingerprint density at radius 2 is 1.88 bits per heavy atom. The number of morpholine rings is 1. The lowest BCUT2D eigenvalue weighted by atomic mass is 10.2. The molecule has 0 spiro atoms. The van der Waals surface area contributed by atoms with Gasteiger partial charge in [-0.25, -0.2) is 0 Å². The molecule has 3 amide bonds. The lowest BCUT2D eigenvalue weighted by Crippen LogP contribution is -2.46. The largest absolute Gasteiger partial charge is 0.378 e. The molecule has 26 heavy (non-hydrogen) atoms.